The van der Waals surface area contributed by atoms with E-state index in [4.69, 9.17) is 1.37 Å². The Kier molecular flexibility index (Phi) is 1.62. The van der Waals surface area contributed by atoms with E-state index in [0.717, 1.165) is 5.56 Å². The van der Waals surface area contributed by atoms with Crippen molar-refractivity contribution in [3.8, 4) is 11.1 Å². The van der Waals surface area contributed by atoms with Crippen molar-refractivity contribution in [3.05, 3.63) is 60.6 Å². The standard InChI is InChI=1S/C12H10/c1-3-7-11(8-4-1)12-9-5-2-6-10-12/h1-10H/i1D. The Morgan fingerprint density at radius 3 is 1.75 bits per heavy atom. The number of benzene rings is 2. The third kappa shape index (κ3) is 1.37. The van der Waals surface area contributed by atoms with E-state index in [9.17, 15) is 0 Å². The van der Waals surface area contributed by atoms with Crippen LogP contribution >= 0.6 is 0 Å². The molecule has 0 heteroatoms. The third-order valence-electron chi connectivity index (χ3n) is 1.83. The van der Waals surface area contributed by atoms with Crippen LogP contribution in [-0.2, 0) is 0 Å². The first-order valence-corrected chi connectivity index (χ1v) is 3.98. The quantitative estimate of drug-likeness (QED) is 0.592. The SMILES string of the molecule is [2H]c1ccc(-c2ccccc2)cc1. The van der Waals surface area contributed by atoms with Gasteiger partial charge in [0.15, 0.2) is 0 Å². The second-order valence-corrected chi connectivity index (χ2v) is 2.65. The minimum atomic E-state index is 0.555. The molecule has 0 N–H and O–H groups in total. The summed E-state index contributed by atoms with van der Waals surface area (Å²) in [5, 5.41) is 0. The molecule has 58 valence electrons. The van der Waals surface area contributed by atoms with Crippen LogP contribution in [0.15, 0.2) is 60.6 Å². The minimum Gasteiger partial charge on any atom is -0.0622 e. The predicted molar refractivity (Wildman–Crippen MR) is 51.9 cm³/mol. The molecule has 2 aromatic carbocycles. The molecule has 0 spiro atoms. The van der Waals surface area contributed by atoms with E-state index in [1.165, 1.54) is 5.56 Å². The molecular weight excluding hydrogens is 144 g/mol. The third-order valence-corrected chi connectivity index (χ3v) is 1.83. The predicted octanol–water partition coefficient (Wildman–Crippen LogP) is 3.35. The summed E-state index contributed by atoms with van der Waals surface area (Å²) >= 11 is 0. The zero-order chi connectivity index (χ0) is 9.10. The molecule has 0 fully saturated rings. The molecule has 0 saturated carbocycles. The number of hydrogen-bond acceptors (Lipinski definition) is 0. The molecule has 0 radical (unpaired) electrons. The fraction of sp³-hybridized carbons (Fsp3) is 0. The van der Waals surface area contributed by atoms with Crippen molar-refractivity contribution in [2.24, 2.45) is 0 Å². The van der Waals surface area contributed by atoms with E-state index in [1.807, 2.05) is 42.5 Å². The first-order chi connectivity index (χ1) is 6.36. The molecule has 0 heterocycles. The maximum Gasteiger partial charge on any atom is 0.0623 e. The van der Waals surface area contributed by atoms with Crippen molar-refractivity contribution in [2.75, 3.05) is 0 Å². The topological polar surface area (TPSA) is 0 Å². The first kappa shape index (κ1) is 6.01. The Bertz CT molecular complexity index is 376. The molecule has 2 rings (SSSR count). The highest BCUT2D eigenvalue weighted by molar-refractivity contribution is 5.62. The molecule has 0 aliphatic heterocycles. The molecule has 0 saturated heterocycles. The van der Waals surface area contributed by atoms with Gasteiger partial charge < -0.3 is 0 Å². The summed E-state index contributed by atoms with van der Waals surface area (Å²) in [7, 11) is 0. The molecule has 2 aromatic rings. The molecule has 0 atom stereocenters. The van der Waals surface area contributed by atoms with Gasteiger partial charge in [0.1, 0.15) is 0 Å². The van der Waals surface area contributed by atoms with Crippen LogP contribution in [0, 0.1) is 0 Å². The monoisotopic (exact) mass is 155 g/mol. The van der Waals surface area contributed by atoms with Crippen LogP contribution in [-0.4, -0.2) is 0 Å². The van der Waals surface area contributed by atoms with E-state index >= 15 is 0 Å². The first-order valence-electron chi connectivity index (χ1n) is 4.48. The van der Waals surface area contributed by atoms with Crippen LogP contribution < -0.4 is 0 Å². The summed E-state index contributed by atoms with van der Waals surface area (Å²) in [5.74, 6) is 0. The highest BCUT2D eigenvalue weighted by atomic mass is 14.0. The fourth-order valence-electron chi connectivity index (χ4n) is 1.21. The van der Waals surface area contributed by atoms with Gasteiger partial charge in [0, 0.05) is 0 Å². The average molecular weight is 155 g/mol. The summed E-state index contributed by atoms with van der Waals surface area (Å²) in [4.78, 5) is 0. The van der Waals surface area contributed by atoms with E-state index < -0.39 is 0 Å². The number of rotatable bonds is 1. The summed E-state index contributed by atoms with van der Waals surface area (Å²) in [6.07, 6.45) is 0. The van der Waals surface area contributed by atoms with Gasteiger partial charge in [-0.05, 0) is 11.1 Å². The molecule has 0 unspecified atom stereocenters. The van der Waals surface area contributed by atoms with Crippen LogP contribution in [0.3, 0.4) is 0 Å². The van der Waals surface area contributed by atoms with Gasteiger partial charge in [-0.15, -0.1) is 0 Å². The van der Waals surface area contributed by atoms with Crippen LogP contribution in [0.2, 0.25) is 0 Å². The normalized spacial score (nSPS) is 10.8. The van der Waals surface area contributed by atoms with Crippen LogP contribution in [0.4, 0.5) is 0 Å². The molecule has 0 aliphatic carbocycles. The van der Waals surface area contributed by atoms with Gasteiger partial charge in [0.25, 0.3) is 0 Å². The average Bonchev–Trinajstić information content (AvgIpc) is 2.20. The Morgan fingerprint density at radius 2 is 1.17 bits per heavy atom. The molecule has 0 aromatic heterocycles. The van der Waals surface area contributed by atoms with Crippen molar-refractivity contribution in [1.29, 1.82) is 0 Å². The maximum absolute atomic E-state index is 7.35. The van der Waals surface area contributed by atoms with Crippen molar-refractivity contribution in [3.63, 3.8) is 0 Å². The van der Waals surface area contributed by atoms with Crippen LogP contribution in [0.1, 0.15) is 1.37 Å². The Hall–Kier alpha value is -1.56. The summed E-state index contributed by atoms with van der Waals surface area (Å²) < 4.78 is 7.35. The van der Waals surface area contributed by atoms with Gasteiger partial charge in [-0.25, -0.2) is 0 Å². The van der Waals surface area contributed by atoms with Gasteiger partial charge >= 0.3 is 0 Å². The summed E-state index contributed by atoms with van der Waals surface area (Å²) in [6, 6.07) is 18.3. The Balaban J connectivity index is 2.42. The lowest BCUT2D eigenvalue weighted by Gasteiger charge is -1.98. The van der Waals surface area contributed by atoms with Gasteiger partial charge in [-0.1, -0.05) is 60.6 Å². The minimum absolute atomic E-state index is 0.555. The molecule has 0 bridgehead atoms. The van der Waals surface area contributed by atoms with Crippen molar-refractivity contribution in [1.82, 2.24) is 0 Å². The molecule has 0 aliphatic rings. The molecule has 12 heavy (non-hydrogen) atoms. The lowest BCUT2D eigenvalue weighted by Crippen LogP contribution is -1.73. The van der Waals surface area contributed by atoms with Crippen molar-refractivity contribution >= 4 is 0 Å². The zero-order valence-electron chi connectivity index (χ0n) is 7.70. The summed E-state index contributed by atoms with van der Waals surface area (Å²) in [5.41, 5.74) is 2.36. The van der Waals surface area contributed by atoms with Crippen molar-refractivity contribution < 1.29 is 1.37 Å². The van der Waals surface area contributed by atoms with Gasteiger partial charge in [0.2, 0.25) is 0 Å². The van der Waals surface area contributed by atoms with Crippen LogP contribution in [0.25, 0.3) is 11.1 Å². The molecular formula is C12H10. The summed E-state index contributed by atoms with van der Waals surface area (Å²) in [6.45, 7) is 0. The smallest absolute Gasteiger partial charge is 0.0622 e. The van der Waals surface area contributed by atoms with E-state index in [1.54, 1.807) is 0 Å². The maximum atomic E-state index is 7.35. The lowest BCUT2D eigenvalue weighted by atomic mass is 10.1. The number of hydrogen-bond donors (Lipinski definition) is 0. The highest BCUT2D eigenvalue weighted by Gasteiger charge is 1.91. The zero-order valence-corrected chi connectivity index (χ0v) is 6.70. The van der Waals surface area contributed by atoms with Gasteiger partial charge in [-0.3, -0.25) is 0 Å². The molecule has 0 nitrogen and oxygen atoms in total. The van der Waals surface area contributed by atoms with E-state index in [2.05, 4.69) is 12.1 Å². The van der Waals surface area contributed by atoms with Gasteiger partial charge in [-0.2, -0.15) is 0 Å². The largest absolute Gasteiger partial charge is 0.0623 e. The second-order valence-electron chi connectivity index (χ2n) is 2.65. The van der Waals surface area contributed by atoms with Gasteiger partial charge in [0.05, 0.1) is 1.37 Å². The molecule has 0 amide bonds. The Labute approximate surface area is 73.9 Å². The lowest BCUT2D eigenvalue weighted by molar-refractivity contribution is 1.62. The van der Waals surface area contributed by atoms with E-state index in [0.29, 0.717) is 6.04 Å². The second kappa shape index (κ2) is 3.22. The van der Waals surface area contributed by atoms with E-state index in [-0.39, 0.29) is 0 Å². The highest BCUT2D eigenvalue weighted by Crippen LogP contribution is 2.17. The van der Waals surface area contributed by atoms with Crippen LogP contribution in [0.5, 0.6) is 0 Å². The fourth-order valence-corrected chi connectivity index (χ4v) is 1.21. The Morgan fingerprint density at radius 1 is 0.667 bits per heavy atom. The van der Waals surface area contributed by atoms with Crippen molar-refractivity contribution in [2.45, 2.75) is 0 Å².